The molecule has 324 valence electrons. The number of carbonyl (C=O) groups is 4. The lowest BCUT2D eigenvalue weighted by Gasteiger charge is -2.42. The summed E-state index contributed by atoms with van der Waals surface area (Å²) in [6, 6.07) is 9.90. The molecule has 2 aromatic rings. The van der Waals surface area contributed by atoms with E-state index < -0.39 is 35.5 Å². The summed E-state index contributed by atoms with van der Waals surface area (Å²) >= 11 is 6.15. The highest BCUT2D eigenvalue weighted by atomic mass is 35.5. The molecule has 0 unspecified atom stereocenters. The highest BCUT2D eigenvalue weighted by molar-refractivity contribution is 6.33. The third-order valence-electron chi connectivity index (χ3n) is 11.9. The second kappa shape index (κ2) is 19.8. The van der Waals surface area contributed by atoms with Crippen LogP contribution in [0.1, 0.15) is 55.2 Å². The normalized spacial score (nSPS) is 19.6. The largest absolute Gasteiger partial charge is 0.463 e. The smallest absolute Gasteiger partial charge is 0.418 e. The number of ether oxygens (including phenoxy) is 2. The first-order chi connectivity index (χ1) is 28.2. The zero-order chi connectivity index (χ0) is 42.3. The maximum absolute atomic E-state index is 14.2. The molecule has 0 aliphatic carbocycles. The first-order valence-corrected chi connectivity index (χ1v) is 20.9. The molecule has 4 aliphatic heterocycles. The molecular weight excluding hydrogens is 793 g/mol. The molecule has 0 bridgehead atoms. The molecule has 6 rings (SSSR count). The van der Waals surface area contributed by atoms with Crippen LogP contribution < -0.4 is 16.4 Å². The van der Waals surface area contributed by atoms with Gasteiger partial charge in [-0.3, -0.25) is 9.59 Å². The minimum Gasteiger partial charge on any atom is -0.463 e. The van der Waals surface area contributed by atoms with E-state index in [-0.39, 0.29) is 66.8 Å². The number of hydrogen-bond acceptors (Lipinski definition) is 10. The zero-order valence-electron chi connectivity index (χ0n) is 33.8. The van der Waals surface area contributed by atoms with Gasteiger partial charge < -0.3 is 50.3 Å². The molecule has 4 N–H and O–H groups in total. The lowest BCUT2D eigenvalue weighted by atomic mass is 9.97. The Bertz CT molecular complexity index is 1800. The number of nitrogens with one attached hydrogen (secondary N) is 2. The maximum atomic E-state index is 14.2. The third kappa shape index (κ3) is 11.7. The van der Waals surface area contributed by atoms with Crippen LogP contribution in [-0.4, -0.2) is 152 Å². The van der Waals surface area contributed by atoms with Gasteiger partial charge in [-0.05, 0) is 101 Å². The van der Waals surface area contributed by atoms with E-state index >= 15 is 0 Å². The number of para-hydroxylation sites is 1. The Morgan fingerprint density at radius 3 is 2.29 bits per heavy atom. The van der Waals surface area contributed by atoms with Crippen molar-refractivity contribution in [3.63, 3.8) is 0 Å². The second-order valence-corrected chi connectivity index (χ2v) is 16.5. The SMILES string of the molecule is CN(C)CCOC(=O)CNC1CCN(C2CCN(C(=O)[C@@H](Cc3cc(Cl)c(N)c(C(F)(F)F)c3)OC(=O)N3CCC(N4CCc5ccccc5NC4=O)CC3)CC2)CC1. The summed E-state index contributed by atoms with van der Waals surface area (Å²) in [5.74, 6) is -0.764. The lowest BCUT2D eigenvalue weighted by Crippen LogP contribution is -2.54. The predicted molar refractivity (Wildman–Crippen MR) is 217 cm³/mol. The first kappa shape index (κ1) is 44.2. The molecule has 4 amide bonds. The van der Waals surface area contributed by atoms with Gasteiger partial charge in [0.15, 0.2) is 6.10 Å². The van der Waals surface area contributed by atoms with Crippen molar-refractivity contribution in [1.82, 2.24) is 29.8 Å². The number of likely N-dealkylation sites (tertiary alicyclic amines) is 3. The number of nitrogens with two attached hydrogens (primary N) is 1. The summed E-state index contributed by atoms with van der Waals surface area (Å²) in [6.07, 6.45) is -2.53. The van der Waals surface area contributed by atoms with Gasteiger partial charge in [0, 0.05) is 69.5 Å². The number of piperidine rings is 3. The highest BCUT2D eigenvalue weighted by Crippen LogP contribution is 2.38. The molecule has 0 saturated carbocycles. The zero-order valence-corrected chi connectivity index (χ0v) is 34.5. The average Bonchev–Trinajstić information content (AvgIpc) is 3.38. The number of fused-ring (bicyclic) bond motifs is 1. The van der Waals surface area contributed by atoms with Gasteiger partial charge in [-0.2, -0.15) is 13.2 Å². The number of urea groups is 1. The van der Waals surface area contributed by atoms with Crippen molar-refractivity contribution >= 4 is 47.0 Å². The van der Waals surface area contributed by atoms with Gasteiger partial charge in [-0.15, -0.1) is 0 Å². The van der Waals surface area contributed by atoms with Crippen molar-refractivity contribution in [3.8, 4) is 0 Å². The van der Waals surface area contributed by atoms with Crippen molar-refractivity contribution < 1.29 is 41.8 Å². The van der Waals surface area contributed by atoms with Crippen LogP contribution in [0.2, 0.25) is 5.02 Å². The maximum Gasteiger partial charge on any atom is 0.418 e. The lowest BCUT2D eigenvalue weighted by molar-refractivity contribution is -0.143. The van der Waals surface area contributed by atoms with Crippen LogP contribution >= 0.6 is 11.6 Å². The molecule has 4 aliphatic rings. The number of nitrogens with zero attached hydrogens (tertiary/aromatic N) is 5. The molecule has 59 heavy (non-hydrogen) atoms. The van der Waals surface area contributed by atoms with Gasteiger partial charge in [0.2, 0.25) is 0 Å². The van der Waals surface area contributed by atoms with Crippen LogP contribution in [-0.2, 0) is 38.1 Å². The number of benzene rings is 2. The summed E-state index contributed by atoms with van der Waals surface area (Å²) in [5.41, 5.74) is 5.84. The Hall–Kier alpha value is -4.32. The highest BCUT2D eigenvalue weighted by Gasteiger charge is 2.38. The standard InChI is InChI=1S/C41H56ClF3N8O6/c1-49(2)21-22-58-36(54)26-47-29-8-14-50(15-9-29)30-10-16-51(17-11-30)38(55)35(25-27-23-32(41(43,44)45)37(46)33(42)24-27)59-40(57)52-18-12-31(13-19-52)53-20-7-28-5-3-4-6-34(28)48-39(53)56/h3-6,23-24,29-31,35,47H,7-22,25-26,46H2,1-2H3,(H,48,56)/t35-/m1/s1. The van der Waals surface area contributed by atoms with Crippen molar-refractivity contribution in [3.05, 3.63) is 58.1 Å². The van der Waals surface area contributed by atoms with Crippen molar-refractivity contribution in [2.75, 3.05) is 90.7 Å². The quantitative estimate of drug-likeness (QED) is 0.203. The van der Waals surface area contributed by atoms with E-state index in [2.05, 4.69) is 15.5 Å². The number of amides is 4. The van der Waals surface area contributed by atoms with Crippen LogP contribution in [0.5, 0.6) is 0 Å². The Morgan fingerprint density at radius 2 is 1.61 bits per heavy atom. The third-order valence-corrected chi connectivity index (χ3v) is 12.2. The van der Waals surface area contributed by atoms with Crippen LogP contribution in [0.4, 0.5) is 34.1 Å². The molecule has 18 heteroatoms. The minimum absolute atomic E-state index is 0.0581. The molecule has 0 radical (unpaired) electrons. The minimum atomic E-state index is -4.79. The van der Waals surface area contributed by atoms with Crippen LogP contribution in [0.15, 0.2) is 36.4 Å². The Labute approximate surface area is 348 Å². The number of likely N-dealkylation sites (N-methyl/N-ethyl adjacent to an activating group) is 1. The summed E-state index contributed by atoms with van der Waals surface area (Å²) in [5, 5.41) is 5.99. The van der Waals surface area contributed by atoms with E-state index in [4.69, 9.17) is 26.8 Å². The fourth-order valence-corrected chi connectivity index (χ4v) is 8.70. The summed E-state index contributed by atoms with van der Waals surface area (Å²) in [7, 11) is 3.83. The van der Waals surface area contributed by atoms with Gasteiger partial charge >= 0.3 is 24.3 Å². The molecule has 1 atom stereocenters. The Kier molecular flexibility index (Phi) is 14.9. The number of nitrogen functional groups attached to an aromatic ring is 1. The second-order valence-electron chi connectivity index (χ2n) is 16.1. The number of hydrogen-bond donors (Lipinski definition) is 3. The van der Waals surface area contributed by atoms with E-state index in [0.29, 0.717) is 64.9 Å². The first-order valence-electron chi connectivity index (χ1n) is 20.5. The molecule has 3 saturated heterocycles. The van der Waals surface area contributed by atoms with Crippen molar-refractivity contribution in [2.45, 2.75) is 81.8 Å². The predicted octanol–water partition coefficient (Wildman–Crippen LogP) is 4.69. The molecule has 3 fully saturated rings. The van der Waals surface area contributed by atoms with Crippen LogP contribution in [0, 0.1) is 0 Å². The molecule has 4 heterocycles. The van der Waals surface area contributed by atoms with E-state index in [9.17, 15) is 32.3 Å². The number of anilines is 2. The molecule has 0 spiro atoms. The van der Waals surface area contributed by atoms with E-state index in [0.717, 1.165) is 43.2 Å². The number of rotatable bonds is 12. The monoisotopic (exact) mass is 848 g/mol. The number of carbonyl (C=O) groups excluding carboxylic acids is 4. The summed E-state index contributed by atoms with van der Waals surface area (Å²) < 4.78 is 52.9. The summed E-state index contributed by atoms with van der Waals surface area (Å²) in [6.45, 7) is 4.68. The van der Waals surface area contributed by atoms with Gasteiger partial charge in [0.25, 0.3) is 5.91 Å². The Morgan fingerprint density at radius 1 is 0.949 bits per heavy atom. The summed E-state index contributed by atoms with van der Waals surface area (Å²) in [4.78, 5) is 62.4. The van der Waals surface area contributed by atoms with Gasteiger partial charge in [0.1, 0.15) is 6.61 Å². The van der Waals surface area contributed by atoms with Crippen LogP contribution in [0.3, 0.4) is 0 Å². The van der Waals surface area contributed by atoms with Gasteiger partial charge in [0.05, 0.1) is 22.8 Å². The van der Waals surface area contributed by atoms with Gasteiger partial charge in [-0.25, -0.2) is 9.59 Å². The molecular formula is C41H56ClF3N8O6. The molecule has 0 aromatic heterocycles. The van der Waals surface area contributed by atoms with Crippen molar-refractivity contribution in [1.29, 1.82) is 0 Å². The average molecular weight is 849 g/mol. The number of halogens is 4. The van der Waals surface area contributed by atoms with E-state index in [1.807, 2.05) is 43.3 Å². The molecule has 14 nitrogen and oxygen atoms in total. The van der Waals surface area contributed by atoms with E-state index in [1.54, 1.807) is 9.80 Å². The fraction of sp³-hybridized carbons (Fsp3) is 0.610. The Balaban J connectivity index is 1.04. The van der Waals surface area contributed by atoms with Crippen LogP contribution in [0.25, 0.3) is 0 Å². The number of esters is 1. The van der Waals surface area contributed by atoms with E-state index in [1.165, 1.54) is 11.0 Å². The van der Waals surface area contributed by atoms with Gasteiger partial charge in [-0.1, -0.05) is 29.8 Å². The molecule has 2 aromatic carbocycles. The number of alkyl halides is 3. The van der Waals surface area contributed by atoms with Crippen molar-refractivity contribution in [2.24, 2.45) is 0 Å². The fourth-order valence-electron chi connectivity index (χ4n) is 8.46. The topological polar surface area (TPSA) is 153 Å².